The molecule has 0 radical (unpaired) electrons. The number of hydrogen-bond acceptors (Lipinski definition) is 3. The molecule has 2 saturated heterocycles. The standard InChI is InChI=1S/C10H21N3/c1-12-5-2-3-10(12)8-13-6-4-9(11)7-13/h9-10H,2-8,11H2,1H3/t9-,10?/m0/s1. The molecule has 0 spiro atoms. The maximum Gasteiger partial charge on any atom is 0.0220 e. The summed E-state index contributed by atoms with van der Waals surface area (Å²) in [5.74, 6) is 0. The summed E-state index contributed by atoms with van der Waals surface area (Å²) >= 11 is 0. The molecule has 0 aromatic heterocycles. The molecule has 3 heteroatoms. The summed E-state index contributed by atoms with van der Waals surface area (Å²) in [6.45, 7) is 4.85. The molecule has 0 aliphatic carbocycles. The molecule has 0 amide bonds. The summed E-state index contributed by atoms with van der Waals surface area (Å²) < 4.78 is 0. The molecule has 2 fully saturated rings. The lowest BCUT2D eigenvalue weighted by Crippen LogP contribution is -2.38. The molecule has 2 aliphatic rings. The largest absolute Gasteiger partial charge is 0.326 e. The third-order valence-corrected chi connectivity index (χ3v) is 3.45. The zero-order chi connectivity index (χ0) is 9.26. The van der Waals surface area contributed by atoms with E-state index < -0.39 is 0 Å². The summed E-state index contributed by atoms with van der Waals surface area (Å²) in [5.41, 5.74) is 5.88. The number of rotatable bonds is 2. The van der Waals surface area contributed by atoms with Gasteiger partial charge in [-0.3, -0.25) is 0 Å². The van der Waals surface area contributed by atoms with E-state index in [0.717, 1.165) is 12.6 Å². The zero-order valence-corrected chi connectivity index (χ0v) is 8.58. The quantitative estimate of drug-likeness (QED) is 0.660. The molecular weight excluding hydrogens is 162 g/mol. The first kappa shape index (κ1) is 9.44. The van der Waals surface area contributed by atoms with Crippen molar-refractivity contribution in [2.24, 2.45) is 5.73 Å². The fourth-order valence-electron chi connectivity index (χ4n) is 2.54. The predicted octanol–water partition coefficient (Wildman–Crippen LogP) is 0.114. The lowest BCUT2D eigenvalue weighted by atomic mass is 10.2. The van der Waals surface area contributed by atoms with Crippen molar-refractivity contribution in [3.63, 3.8) is 0 Å². The van der Waals surface area contributed by atoms with Crippen molar-refractivity contribution in [1.82, 2.24) is 9.80 Å². The Kier molecular flexibility index (Phi) is 2.86. The second kappa shape index (κ2) is 3.95. The lowest BCUT2D eigenvalue weighted by Gasteiger charge is -2.25. The number of nitrogens with zero attached hydrogens (tertiary/aromatic N) is 2. The average Bonchev–Trinajstić information content (AvgIpc) is 2.64. The van der Waals surface area contributed by atoms with Crippen LogP contribution in [0.2, 0.25) is 0 Å². The average molecular weight is 183 g/mol. The monoisotopic (exact) mass is 183 g/mol. The van der Waals surface area contributed by atoms with Gasteiger partial charge in [-0.05, 0) is 39.4 Å². The summed E-state index contributed by atoms with van der Waals surface area (Å²) in [6.07, 6.45) is 3.94. The van der Waals surface area contributed by atoms with E-state index in [4.69, 9.17) is 5.73 Å². The highest BCUT2D eigenvalue weighted by molar-refractivity contribution is 4.84. The molecule has 2 heterocycles. The van der Waals surface area contributed by atoms with Crippen LogP contribution in [0.25, 0.3) is 0 Å². The van der Waals surface area contributed by atoms with E-state index in [0.29, 0.717) is 6.04 Å². The Morgan fingerprint density at radius 1 is 1.31 bits per heavy atom. The summed E-state index contributed by atoms with van der Waals surface area (Å²) in [7, 11) is 2.24. The Labute approximate surface area is 80.9 Å². The van der Waals surface area contributed by atoms with Crippen molar-refractivity contribution in [2.75, 3.05) is 33.2 Å². The molecule has 0 bridgehead atoms. The van der Waals surface area contributed by atoms with Gasteiger partial charge < -0.3 is 15.5 Å². The van der Waals surface area contributed by atoms with E-state index in [1.807, 2.05) is 0 Å². The van der Waals surface area contributed by atoms with Gasteiger partial charge in [0.25, 0.3) is 0 Å². The van der Waals surface area contributed by atoms with Gasteiger partial charge in [-0.25, -0.2) is 0 Å². The normalized spacial score (nSPS) is 37.4. The number of hydrogen-bond donors (Lipinski definition) is 1. The minimum Gasteiger partial charge on any atom is -0.326 e. The smallest absolute Gasteiger partial charge is 0.0220 e. The van der Waals surface area contributed by atoms with Gasteiger partial charge in [0.1, 0.15) is 0 Å². The van der Waals surface area contributed by atoms with Crippen molar-refractivity contribution in [3.8, 4) is 0 Å². The summed E-state index contributed by atoms with van der Waals surface area (Å²) in [6, 6.07) is 1.23. The topological polar surface area (TPSA) is 32.5 Å². The summed E-state index contributed by atoms with van der Waals surface area (Å²) in [5, 5.41) is 0. The van der Waals surface area contributed by atoms with Gasteiger partial charge in [0.05, 0.1) is 0 Å². The molecule has 0 saturated carbocycles. The third-order valence-electron chi connectivity index (χ3n) is 3.45. The minimum absolute atomic E-state index is 0.437. The van der Waals surface area contributed by atoms with Gasteiger partial charge in [-0.15, -0.1) is 0 Å². The second-order valence-electron chi connectivity index (χ2n) is 4.58. The van der Waals surface area contributed by atoms with E-state index in [2.05, 4.69) is 16.8 Å². The van der Waals surface area contributed by atoms with Crippen molar-refractivity contribution >= 4 is 0 Å². The maximum absolute atomic E-state index is 5.88. The van der Waals surface area contributed by atoms with E-state index in [-0.39, 0.29) is 0 Å². The fourth-order valence-corrected chi connectivity index (χ4v) is 2.54. The van der Waals surface area contributed by atoms with E-state index in [1.165, 1.54) is 38.9 Å². The highest BCUT2D eigenvalue weighted by Crippen LogP contribution is 2.17. The number of nitrogens with two attached hydrogens (primary N) is 1. The maximum atomic E-state index is 5.88. The Hall–Kier alpha value is -0.120. The van der Waals surface area contributed by atoms with Gasteiger partial charge in [-0.2, -0.15) is 0 Å². The van der Waals surface area contributed by atoms with Gasteiger partial charge in [0.15, 0.2) is 0 Å². The molecule has 1 unspecified atom stereocenters. The SMILES string of the molecule is CN1CCCC1CN1CC[C@H](N)C1. The van der Waals surface area contributed by atoms with Crippen LogP contribution < -0.4 is 5.73 Å². The molecule has 0 aromatic carbocycles. The molecule has 0 aromatic rings. The number of likely N-dealkylation sites (tertiary alicyclic amines) is 2. The van der Waals surface area contributed by atoms with Gasteiger partial charge in [0, 0.05) is 25.2 Å². The van der Waals surface area contributed by atoms with Gasteiger partial charge >= 0.3 is 0 Å². The number of likely N-dealkylation sites (N-methyl/N-ethyl adjacent to an activating group) is 1. The highest BCUT2D eigenvalue weighted by Gasteiger charge is 2.26. The molecule has 2 rings (SSSR count). The van der Waals surface area contributed by atoms with Crippen LogP contribution in [0.3, 0.4) is 0 Å². The molecule has 2 N–H and O–H groups in total. The van der Waals surface area contributed by atoms with Crippen molar-refractivity contribution in [1.29, 1.82) is 0 Å². The highest BCUT2D eigenvalue weighted by atomic mass is 15.2. The van der Waals surface area contributed by atoms with Crippen molar-refractivity contribution in [2.45, 2.75) is 31.3 Å². The zero-order valence-electron chi connectivity index (χ0n) is 8.58. The molecule has 13 heavy (non-hydrogen) atoms. The fraction of sp³-hybridized carbons (Fsp3) is 1.00. The van der Waals surface area contributed by atoms with Gasteiger partial charge in [-0.1, -0.05) is 0 Å². The Balaban J connectivity index is 1.77. The second-order valence-corrected chi connectivity index (χ2v) is 4.58. The van der Waals surface area contributed by atoms with Crippen LogP contribution in [0.5, 0.6) is 0 Å². The van der Waals surface area contributed by atoms with Crippen molar-refractivity contribution < 1.29 is 0 Å². The van der Waals surface area contributed by atoms with Crippen LogP contribution in [0, 0.1) is 0 Å². The van der Waals surface area contributed by atoms with E-state index in [1.54, 1.807) is 0 Å². The molecule has 2 atom stereocenters. The molecule has 3 nitrogen and oxygen atoms in total. The molecular formula is C10H21N3. The third kappa shape index (κ3) is 2.22. The van der Waals surface area contributed by atoms with Crippen LogP contribution in [-0.4, -0.2) is 55.1 Å². The van der Waals surface area contributed by atoms with Crippen LogP contribution in [0.4, 0.5) is 0 Å². The van der Waals surface area contributed by atoms with Crippen LogP contribution in [0.15, 0.2) is 0 Å². The Morgan fingerprint density at radius 3 is 2.69 bits per heavy atom. The minimum atomic E-state index is 0.437. The lowest BCUT2D eigenvalue weighted by molar-refractivity contribution is 0.219. The molecule has 76 valence electrons. The predicted molar refractivity (Wildman–Crippen MR) is 54.7 cm³/mol. The van der Waals surface area contributed by atoms with Crippen LogP contribution in [0.1, 0.15) is 19.3 Å². The van der Waals surface area contributed by atoms with Crippen LogP contribution >= 0.6 is 0 Å². The van der Waals surface area contributed by atoms with Gasteiger partial charge in [0.2, 0.25) is 0 Å². The summed E-state index contributed by atoms with van der Waals surface area (Å²) in [4.78, 5) is 5.01. The Bertz CT molecular complexity index is 172. The van der Waals surface area contributed by atoms with E-state index >= 15 is 0 Å². The Morgan fingerprint density at radius 2 is 2.15 bits per heavy atom. The first-order chi connectivity index (χ1) is 6.25. The molecule has 2 aliphatic heterocycles. The van der Waals surface area contributed by atoms with Crippen LogP contribution in [-0.2, 0) is 0 Å². The van der Waals surface area contributed by atoms with E-state index in [9.17, 15) is 0 Å². The first-order valence-corrected chi connectivity index (χ1v) is 5.44. The first-order valence-electron chi connectivity index (χ1n) is 5.44. The van der Waals surface area contributed by atoms with Crippen molar-refractivity contribution in [3.05, 3.63) is 0 Å².